The molecule has 0 unspecified atom stereocenters. The van der Waals surface area contributed by atoms with E-state index in [1.807, 2.05) is 19.9 Å². The lowest BCUT2D eigenvalue weighted by Crippen LogP contribution is -2.05. The fourth-order valence-electron chi connectivity index (χ4n) is 2.43. The molecular formula is C16H17N5O. The van der Waals surface area contributed by atoms with Gasteiger partial charge in [-0.25, -0.2) is 9.97 Å². The first-order chi connectivity index (χ1) is 10.7. The summed E-state index contributed by atoms with van der Waals surface area (Å²) in [6.45, 7) is 3.97. The van der Waals surface area contributed by atoms with Gasteiger partial charge in [-0.3, -0.25) is 0 Å². The van der Waals surface area contributed by atoms with Gasteiger partial charge in [-0.1, -0.05) is 12.1 Å². The summed E-state index contributed by atoms with van der Waals surface area (Å²) in [5, 5.41) is 8.54. The van der Waals surface area contributed by atoms with E-state index in [2.05, 4.69) is 31.5 Å². The van der Waals surface area contributed by atoms with Crippen LogP contribution in [0, 0.1) is 6.92 Å². The van der Waals surface area contributed by atoms with Crippen LogP contribution in [0.2, 0.25) is 0 Å². The van der Waals surface area contributed by atoms with E-state index in [0.717, 1.165) is 34.4 Å². The zero-order valence-electron chi connectivity index (χ0n) is 12.6. The first kappa shape index (κ1) is 13.2. The van der Waals surface area contributed by atoms with Gasteiger partial charge in [-0.05, 0) is 31.9 Å². The summed E-state index contributed by atoms with van der Waals surface area (Å²) in [6, 6.07) is 4.56. The van der Waals surface area contributed by atoms with Crippen molar-refractivity contribution in [2.24, 2.45) is 0 Å². The summed E-state index contributed by atoms with van der Waals surface area (Å²) in [5.41, 5.74) is 3.53. The smallest absolute Gasteiger partial charge is 0.261 e. The molecule has 0 amide bonds. The van der Waals surface area contributed by atoms with Gasteiger partial charge < -0.3 is 9.84 Å². The molecule has 0 aromatic carbocycles. The van der Waals surface area contributed by atoms with E-state index in [1.165, 1.54) is 12.8 Å². The lowest BCUT2D eigenvalue weighted by Gasteiger charge is -2.11. The SMILES string of the molecule is CCc1noc(-c2cnc3nc(C)ccc3c2NC2CC2)n1. The monoisotopic (exact) mass is 295 g/mol. The molecule has 1 fully saturated rings. The van der Waals surface area contributed by atoms with E-state index < -0.39 is 0 Å². The highest BCUT2D eigenvalue weighted by Crippen LogP contribution is 2.36. The van der Waals surface area contributed by atoms with E-state index in [-0.39, 0.29) is 0 Å². The molecule has 112 valence electrons. The average Bonchev–Trinajstić information content (AvgIpc) is 3.21. The molecule has 0 bridgehead atoms. The third-order valence-corrected chi connectivity index (χ3v) is 3.81. The zero-order chi connectivity index (χ0) is 15.1. The number of hydrogen-bond acceptors (Lipinski definition) is 6. The molecule has 0 aliphatic heterocycles. The molecule has 1 aliphatic rings. The minimum Gasteiger partial charge on any atom is -0.381 e. The van der Waals surface area contributed by atoms with E-state index in [0.29, 0.717) is 17.8 Å². The van der Waals surface area contributed by atoms with Gasteiger partial charge in [0.15, 0.2) is 11.5 Å². The number of aryl methyl sites for hydroxylation is 2. The summed E-state index contributed by atoms with van der Waals surface area (Å²) in [4.78, 5) is 13.4. The van der Waals surface area contributed by atoms with Crippen molar-refractivity contribution in [1.29, 1.82) is 0 Å². The number of nitrogens with zero attached hydrogens (tertiary/aromatic N) is 4. The summed E-state index contributed by atoms with van der Waals surface area (Å²) in [6.07, 6.45) is 4.89. The highest BCUT2D eigenvalue weighted by atomic mass is 16.5. The quantitative estimate of drug-likeness (QED) is 0.797. The largest absolute Gasteiger partial charge is 0.381 e. The molecule has 1 N–H and O–H groups in total. The van der Waals surface area contributed by atoms with E-state index in [1.54, 1.807) is 6.20 Å². The van der Waals surface area contributed by atoms with Crippen molar-refractivity contribution in [1.82, 2.24) is 20.1 Å². The van der Waals surface area contributed by atoms with Crippen LogP contribution in [-0.2, 0) is 6.42 Å². The standard InChI is InChI=1S/C16H17N5O/c1-3-13-20-16(22-21-13)12-8-17-15-11(7-4-9(2)18-15)14(12)19-10-5-6-10/h4,7-8,10H,3,5-6H2,1-2H3,(H,17,18,19). The van der Waals surface area contributed by atoms with Crippen molar-refractivity contribution in [3.63, 3.8) is 0 Å². The molecule has 4 rings (SSSR count). The van der Waals surface area contributed by atoms with Gasteiger partial charge in [0.1, 0.15) is 0 Å². The van der Waals surface area contributed by atoms with Crippen molar-refractivity contribution < 1.29 is 4.52 Å². The highest BCUT2D eigenvalue weighted by Gasteiger charge is 2.25. The van der Waals surface area contributed by atoms with Gasteiger partial charge in [0.05, 0.1) is 11.3 Å². The lowest BCUT2D eigenvalue weighted by molar-refractivity contribution is 0.423. The number of nitrogens with one attached hydrogen (secondary N) is 1. The van der Waals surface area contributed by atoms with Crippen LogP contribution in [0.3, 0.4) is 0 Å². The van der Waals surface area contributed by atoms with E-state index in [4.69, 9.17) is 4.52 Å². The van der Waals surface area contributed by atoms with Gasteiger partial charge in [-0.2, -0.15) is 4.98 Å². The van der Waals surface area contributed by atoms with Gasteiger partial charge in [0.2, 0.25) is 0 Å². The molecular weight excluding hydrogens is 278 g/mol. The highest BCUT2D eigenvalue weighted by molar-refractivity contribution is 5.96. The molecule has 0 atom stereocenters. The van der Waals surface area contributed by atoms with Crippen molar-refractivity contribution in [2.75, 3.05) is 5.32 Å². The van der Waals surface area contributed by atoms with Crippen LogP contribution in [0.5, 0.6) is 0 Å². The second-order valence-corrected chi connectivity index (χ2v) is 5.66. The third-order valence-electron chi connectivity index (χ3n) is 3.81. The third kappa shape index (κ3) is 2.30. The number of rotatable bonds is 4. The number of pyridine rings is 2. The van der Waals surface area contributed by atoms with Crippen LogP contribution in [-0.4, -0.2) is 26.2 Å². The van der Waals surface area contributed by atoms with Gasteiger partial charge in [-0.15, -0.1) is 0 Å². The lowest BCUT2D eigenvalue weighted by atomic mass is 10.1. The topological polar surface area (TPSA) is 76.7 Å². The fraction of sp³-hybridized carbons (Fsp3) is 0.375. The number of aromatic nitrogens is 4. The van der Waals surface area contributed by atoms with Crippen LogP contribution >= 0.6 is 0 Å². The Kier molecular flexibility index (Phi) is 3.03. The second-order valence-electron chi connectivity index (χ2n) is 5.66. The second kappa shape index (κ2) is 5.05. The van der Waals surface area contributed by atoms with Crippen LogP contribution < -0.4 is 5.32 Å². The zero-order valence-corrected chi connectivity index (χ0v) is 12.6. The van der Waals surface area contributed by atoms with Gasteiger partial charge >= 0.3 is 0 Å². The summed E-state index contributed by atoms with van der Waals surface area (Å²) < 4.78 is 5.40. The fourth-order valence-corrected chi connectivity index (χ4v) is 2.43. The molecule has 3 aromatic heterocycles. The summed E-state index contributed by atoms with van der Waals surface area (Å²) >= 11 is 0. The molecule has 0 saturated heterocycles. The Labute approximate surface area is 128 Å². The minimum absolute atomic E-state index is 0.509. The molecule has 0 radical (unpaired) electrons. The first-order valence-electron chi connectivity index (χ1n) is 7.60. The maximum absolute atomic E-state index is 5.40. The van der Waals surface area contributed by atoms with Crippen LogP contribution in [0.1, 0.15) is 31.3 Å². The summed E-state index contributed by atoms with van der Waals surface area (Å²) in [5.74, 6) is 1.21. The van der Waals surface area contributed by atoms with Gasteiger partial charge in [0, 0.05) is 29.7 Å². The van der Waals surface area contributed by atoms with Crippen molar-refractivity contribution >= 4 is 16.7 Å². The number of fused-ring (bicyclic) bond motifs is 1. The van der Waals surface area contributed by atoms with E-state index >= 15 is 0 Å². The average molecular weight is 295 g/mol. The predicted octanol–water partition coefficient (Wildman–Crippen LogP) is 3.12. The molecule has 6 nitrogen and oxygen atoms in total. The Morgan fingerprint density at radius 1 is 1.27 bits per heavy atom. The van der Waals surface area contributed by atoms with Crippen molar-refractivity contribution in [3.05, 3.63) is 29.8 Å². The predicted molar refractivity (Wildman–Crippen MR) is 83.6 cm³/mol. The van der Waals surface area contributed by atoms with E-state index in [9.17, 15) is 0 Å². The Morgan fingerprint density at radius 2 is 2.14 bits per heavy atom. The Hall–Kier alpha value is -2.50. The normalized spacial score (nSPS) is 14.5. The first-order valence-corrected chi connectivity index (χ1v) is 7.60. The molecule has 22 heavy (non-hydrogen) atoms. The van der Waals surface area contributed by atoms with Crippen LogP contribution in [0.4, 0.5) is 5.69 Å². The van der Waals surface area contributed by atoms with Crippen molar-refractivity contribution in [2.45, 2.75) is 39.2 Å². The van der Waals surface area contributed by atoms with Crippen molar-refractivity contribution in [3.8, 4) is 11.5 Å². The molecule has 0 spiro atoms. The minimum atomic E-state index is 0.509. The van der Waals surface area contributed by atoms with Crippen LogP contribution in [0.25, 0.3) is 22.5 Å². The molecule has 6 heteroatoms. The Balaban J connectivity index is 1.90. The molecule has 3 aromatic rings. The maximum atomic E-state index is 5.40. The number of anilines is 1. The maximum Gasteiger partial charge on any atom is 0.261 e. The Morgan fingerprint density at radius 3 is 2.86 bits per heavy atom. The molecule has 3 heterocycles. The van der Waals surface area contributed by atoms with Crippen LogP contribution in [0.15, 0.2) is 22.9 Å². The molecule has 1 saturated carbocycles. The summed E-state index contributed by atoms with van der Waals surface area (Å²) in [7, 11) is 0. The van der Waals surface area contributed by atoms with Gasteiger partial charge in [0.25, 0.3) is 5.89 Å². The Bertz CT molecular complexity index is 838. The number of hydrogen-bond donors (Lipinski definition) is 1. The molecule has 1 aliphatic carbocycles.